The molecule has 2 aromatic heterocycles. The lowest BCUT2D eigenvalue weighted by atomic mass is 10.2. The van der Waals surface area contributed by atoms with Gasteiger partial charge in [0.25, 0.3) is 11.1 Å². The van der Waals surface area contributed by atoms with Gasteiger partial charge >= 0.3 is 0 Å². The molecule has 0 bridgehead atoms. The van der Waals surface area contributed by atoms with Crippen LogP contribution in [0.2, 0.25) is 0 Å². The lowest BCUT2D eigenvalue weighted by Gasteiger charge is -2.01. The molecule has 2 aromatic carbocycles. The van der Waals surface area contributed by atoms with Gasteiger partial charge in [-0.3, -0.25) is 19.8 Å². The molecule has 0 radical (unpaired) electrons. The van der Waals surface area contributed by atoms with Crippen LogP contribution in [0.1, 0.15) is 33.6 Å². The summed E-state index contributed by atoms with van der Waals surface area (Å²) in [5, 5.41) is 6.22. The van der Waals surface area contributed by atoms with Crippen LogP contribution in [0.25, 0.3) is 23.5 Å². The molecule has 0 fully saturated rings. The predicted octanol–water partition coefficient (Wildman–Crippen LogP) is 4.76. The van der Waals surface area contributed by atoms with Gasteiger partial charge in [0.2, 0.25) is 0 Å². The number of aromatic amines is 2. The highest BCUT2D eigenvalue weighted by Crippen LogP contribution is 2.11. The molecule has 0 aliphatic carbocycles. The minimum atomic E-state index is -0.135. The van der Waals surface area contributed by atoms with Crippen molar-refractivity contribution < 1.29 is 0 Å². The van der Waals surface area contributed by atoms with Gasteiger partial charge in [-0.1, -0.05) is 41.5 Å². The molecule has 4 rings (SSSR count). The van der Waals surface area contributed by atoms with Crippen molar-refractivity contribution in [1.82, 2.24) is 19.6 Å². The van der Waals surface area contributed by atoms with Gasteiger partial charge in [-0.2, -0.15) is 0 Å². The summed E-state index contributed by atoms with van der Waals surface area (Å²) < 4.78 is 3.06. The van der Waals surface area contributed by atoms with Crippen molar-refractivity contribution in [1.29, 1.82) is 0 Å². The molecule has 0 spiro atoms. The van der Waals surface area contributed by atoms with Crippen LogP contribution < -0.4 is 11.1 Å². The Morgan fingerprint density at radius 1 is 0.697 bits per heavy atom. The fourth-order valence-electron chi connectivity index (χ4n) is 3.57. The van der Waals surface area contributed by atoms with Gasteiger partial charge in [-0.05, 0) is 70.2 Å². The summed E-state index contributed by atoms with van der Waals surface area (Å²) in [6.45, 7) is 7.73. The third kappa shape index (κ3) is 4.52. The van der Waals surface area contributed by atoms with Crippen LogP contribution in [0.3, 0.4) is 0 Å². The largest absolute Gasteiger partial charge is 0.295 e. The predicted molar refractivity (Wildman–Crippen MR) is 133 cm³/mol. The number of rotatable bonds is 5. The van der Waals surface area contributed by atoms with E-state index in [-0.39, 0.29) is 11.1 Å². The molecular weight excluding hydrogens is 412 g/mol. The maximum absolute atomic E-state index is 12.8. The maximum atomic E-state index is 12.8. The molecule has 0 saturated carbocycles. The zero-order valence-corrected chi connectivity index (χ0v) is 19.1. The van der Waals surface area contributed by atoms with Crippen LogP contribution in [-0.2, 0) is 0 Å². The Balaban J connectivity index is 1.57. The van der Waals surface area contributed by atoms with Gasteiger partial charge in [0.1, 0.15) is 0 Å². The average molecular weight is 439 g/mol. The number of benzene rings is 2. The second-order valence-electron chi connectivity index (χ2n) is 8.09. The number of hydrogen-bond donors (Lipinski definition) is 2. The van der Waals surface area contributed by atoms with Crippen molar-refractivity contribution in [2.75, 3.05) is 0 Å². The first-order chi connectivity index (χ1) is 15.8. The summed E-state index contributed by atoms with van der Waals surface area (Å²) in [5.41, 5.74) is 9.26. The monoisotopic (exact) mass is 438 g/mol. The van der Waals surface area contributed by atoms with Crippen LogP contribution >= 0.6 is 0 Å². The Hall–Kier alpha value is -4.28. The highest BCUT2D eigenvalue weighted by atomic mass is 16.1. The van der Waals surface area contributed by atoms with Crippen molar-refractivity contribution in [3.05, 3.63) is 121 Å². The third-order valence-electron chi connectivity index (χ3n) is 5.50. The van der Waals surface area contributed by atoms with E-state index in [1.54, 1.807) is 24.3 Å². The molecule has 0 amide bonds. The van der Waals surface area contributed by atoms with E-state index in [1.807, 2.05) is 76.2 Å². The molecular formula is C27H26N4O2. The van der Waals surface area contributed by atoms with Crippen molar-refractivity contribution in [3.8, 4) is 11.4 Å². The smallest absolute Gasteiger partial charge is 0.279 e. The van der Waals surface area contributed by atoms with Crippen LogP contribution in [0.5, 0.6) is 0 Å². The van der Waals surface area contributed by atoms with Gasteiger partial charge in [-0.15, -0.1) is 5.73 Å². The first-order valence-corrected chi connectivity index (χ1v) is 10.7. The Morgan fingerprint density at radius 2 is 1.15 bits per heavy atom. The van der Waals surface area contributed by atoms with E-state index in [9.17, 15) is 9.59 Å². The molecule has 6 heteroatoms. The zero-order valence-electron chi connectivity index (χ0n) is 19.1. The molecule has 166 valence electrons. The molecule has 0 saturated heterocycles. The number of nitrogens with zero attached hydrogens (tertiary/aromatic N) is 2. The molecule has 0 aliphatic heterocycles. The summed E-state index contributed by atoms with van der Waals surface area (Å²) in [7, 11) is 0. The molecule has 0 unspecified atom stereocenters. The fourth-order valence-corrected chi connectivity index (χ4v) is 3.57. The average Bonchev–Trinajstić information content (AvgIpc) is 3.24. The maximum Gasteiger partial charge on any atom is 0.279 e. The Morgan fingerprint density at radius 3 is 1.67 bits per heavy atom. The number of nitrogens with one attached hydrogen (secondary N) is 2. The van der Waals surface area contributed by atoms with Gasteiger partial charge in [-0.25, -0.2) is 9.36 Å². The summed E-state index contributed by atoms with van der Waals surface area (Å²) in [6, 6.07) is 15.5. The van der Waals surface area contributed by atoms with Crippen LogP contribution in [0, 0.1) is 27.7 Å². The lowest BCUT2D eigenvalue weighted by Crippen LogP contribution is -2.15. The third-order valence-corrected chi connectivity index (χ3v) is 5.50. The second-order valence-corrected chi connectivity index (χ2v) is 8.09. The molecule has 4 aromatic rings. The number of H-pyrrole nitrogens is 2. The summed E-state index contributed by atoms with van der Waals surface area (Å²) >= 11 is 0. The van der Waals surface area contributed by atoms with Crippen molar-refractivity contribution in [2.45, 2.75) is 27.7 Å². The molecule has 0 atom stereocenters. The first kappa shape index (κ1) is 21.9. The quantitative estimate of drug-likeness (QED) is 0.348. The molecule has 0 aliphatic rings. The fraction of sp³-hybridized carbons (Fsp3) is 0.148. The number of allylic oxidation sites excluding steroid dienone is 2. The molecule has 2 N–H and O–H groups in total. The number of hydrogen-bond acceptors (Lipinski definition) is 2. The van der Waals surface area contributed by atoms with Crippen LogP contribution in [0.15, 0.2) is 76.0 Å². The van der Waals surface area contributed by atoms with E-state index in [0.717, 1.165) is 33.9 Å². The Bertz CT molecular complexity index is 1500. The van der Waals surface area contributed by atoms with Gasteiger partial charge in [0.05, 0.1) is 22.5 Å². The highest BCUT2D eigenvalue weighted by Gasteiger charge is 2.10. The summed E-state index contributed by atoms with van der Waals surface area (Å²) in [6.07, 6.45) is 6.82. The second kappa shape index (κ2) is 9.07. The van der Waals surface area contributed by atoms with E-state index in [2.05, 4.69) is 15.9 Å². The van der Waals surface area contributed by atoms with Crippen molar-refractivity contribution in [3.63, 3.8) is 0 Å². The lowest BCUT2D eigenvalue weighted by molar-refractivity contribution is 0.835. The minimum Gasteiger partial charge on any atom is -0.295 e. The standard InChI is InChI=1S/C27H26N4O2/c1-18-10-14-22(15-11-18)30-26(32)24(20(3)28-30)8-6-5-7-9-25-21(4)29-31(27(25)33)23-16-12-19(2)13-17-23/h5-6,8-17,28-29H,1-4H3. The summed E-state index contributed by atoms with van der Waals surface area (Å²) in [5.74, 6) is 0. The van der Waals surface area contributed by atoms with E-state index in [0.29, 0.717) is 11.1 Å². The minimum absolute atomic E-state index is 0.118. The topological polar surface area (TPSA) is 75.6 Å². The SMILES string of the molecule is Cc1ccc(-n2[nH]c(C)c(C=C=CC=Cc3c(C)[nH]n(-c4ccc(C)cc4)c3=O)c2=O)cc1. The van der Waals surface area contributed by atoms with Crippen LogP contribution in [-0.4, -0.2) is 19.6 Å². The summed E-state index contributed by atoms with van der Waals surface area (Å²) in [4.78, 5) is 25.6. The molecule has 6 nitrogen and oxygen atoms in total. The molecule has 33 heavy (non-hydrogen) atoms. The van der Waals surface area contributed by atoms with Crippen LogP contribution in [0.4, 0.5) is 0 Å². The van der Waals surface area contributed by atoms with Gasteiger partial charge in [0, 0.05) is 11.4 Å². The van der Waals surface area contributed by atoms with E-state index >= 15 is 0 Å². The van der Waals surface area contributed by atoms with Gasteiger partial charge < -0.3 is 0 Å². The van der Waals surface area contributed by atoms with Crippen molar-refractivity contribution in [2.24, 2.45) is 0 Å². The van der Waals surface area contributed by atoms with Gasteiger partial charge in [0.15, 0.2) is 0 Å². The normalized spacial score (nSPS) is 11.0. The first-order valence-electron chi connectivity index (χ1n) is 10.7. The molecule has 2 heterocycles. The highest BCUT2D eigenvalue weighted by molar-refractivity contribution is 5.55. The Kier molecular flexibility index (Phi) is 6.03. The van der Waals surface area contributed by atoms with Crippen molar-refractivity contribution >= 4 is 12.2 Å². The van der Waals surface area contributed by atoms with E-state index in [1.165, 1.54) is 9.36 Å². The van der Waals surface area contributed by atoms with E-state index in [4.69, 9.17) is 0 Å². The zero-order chi connectivity index (χ0) is 23.5. The number of aromatic nitrogens is 4. The Labute approximate surface area is 191 Å². The van der Waals surface area contributed by atoms with E-state index < -0.39 is 0 Å². The number of aryl methyl sites for hydroxylation is 4.